The molecule has 0 saturated carbocycles. The molecule has 6 nitrogen and oxygen atoms in total. The van der Waals surface area contributed by atoms with Crippen LogP contribution in [0.5, 0.6) is 11.5 Å². The number of ether oxygens (including phenoxy) is 1. The topological polar surface area (TPSA) is 86.7 Å². The number of benzene rings is 2. The van der Waals surface area contributed by atoms with Gasteiger partial charge in [-0.1, -0.05) is 0 Å². The number of amides is 1. The zero-order valence-electron chi connectivity index (χ0n) is 12.4. The molecule has 2 aromatic carbocycles. The quantitative estimate of drug-likeness (QED) is 0.511. The number of hydrazone groups is 1. The molecule has 0 aliphatic heterocycles. The van der Waals surface area contributed by atoms with E-state index in [2.05, 4.69) is 15.5 Å². The van der Waals surface area contributed by atoms with Gasteiger partial charge in [-0.05, 0) is 54.1 Å². The van der Waals surface area contributed by atoms with Crippen LogP contribution in [0.15, 0.2) is 53.6 Å². The maximum atomic E-state index is 12.1. The Balaban J connectivity index is 1.71. The van der Waals surface area contributed by atoms with Gasteiger partial charge in [0.25, 0.3) is 5.91 Å². The number of hydrogen-bond donors (Lipinski definition) is 3. The molecule has 3 rings (SSSR count). The van der Waals surface area contributed by atoms with Crippen LogP contribution in [0.1, 0.15) is 16.1 Å². The van der Waals surface area contributed by atoms with Crippen molar-refractivity contribution in [2.45, 2.75) is 0 Å². The summed E-state index contributed by atoms with van der Waals surface area (Å²) in [6.45, 7) is 0. The van der Waals surface area contributed by atoms with Crippen molar-refractivity contribution in [2.75, 3.05) is 7.11 Å². The number of nitrogens with zero attached hydrogens (tertiary/aromatic N) is 1. The monoisotopic (exact) mass is 309 g/mol. The fraction of sp³-hybridized carbons (Fsp3) is 0.0588. The van der Waals surface area contributed by atoms with Crippen molar-refractivity contribution < 1.29 is 14.6 Å². The number of aromatic amines is 1. The van der Waals surface area contributed by atoms with Crippen molar-refractivity contribution in [1.82, 2.24) is 10.4 Å². The molecule has 0 atom stereocenters. The van der Waals surface area contributed by atoms with E-state index in [0.717, 1.165) is 22.2 Å². The molecular weight excluding hydrogens is 294 g/mol. The molecule has 0 aliphatic rings. The summed E-state index contributed by atoms with van der Waals surface area (Å²) in [4.78, 5) is 15.1. The van der Waals surface area contributed by atoms with Gasteiger partial charge in [-0.15, -0.1) is 0 Å². The van der Waals surface area contributed by atoms with Crippen LogP contribution in [-0.4, -0.2) is 29.3 Å². The van der Waals surface area contributed by atoms with Crippen molar-refractivity contribution in [2.24, 2.45) is 5.10 Å². The molecule has 0 fully saturated rings. The summed E-state index contributed by atoms with van der Waals surface area (Å²) in [7, 11) is 1.60. The normalized spacial score (nSPS) is 11.0. The highest BCUT2D eigenvalue weighted by Crippen LogP contribution is 2.21. The predicted octanol–water partition coefficient (Wildman–Crippen LogP) is 2.65. The first kappa shape index (κ1) is 14.6. The summed E-state index contributed by atoms with van der Waals surface area (Å²) >= 11 is 0. The predicted molar refractivity (Wildman–Crippen MR) is 88.0 cm³/mol. The molecule has 0 bridgehead atoms. The molecule has 0 radical (unpaired) electrons. The lowest BCUT2D eigenvalue weighted by molar-refractivity contribution is 0.0951. The summed E-state index contributed by atoms with van der Waals surface area (Å²) < 4.78 is 5.16. The number of H-pyrrole nitrogens is 1. The molecule has 116 valence electrons. The van der Waals surface area contributed by atoms with Crippen molar-refractivity contribution in [3.8, 4) is 11.5 Å². The molecular formula is C17H15N3O3. The zero-order chi connectivity index (χ0) is 16.2. The van der Waals surface area contributed by atoms with Crippen molar-refractivity contribution in [3.63, 3.8) is 0 Å². The smallest absolute Gasteiger partial charge is 0.287 e. The molecule has 0 aliphatic carbocycles. The van der Waals surface area contributed by atoms with Crippen LogP contribution in [-0.2, 0) is 0 Å². The minimum atomic E-state index is -0.338. The lowest BCUT2D eigenvalue weighted by Crippen LogP contribution is -2.17. The van der Waals surface area contributed by atoms with Gasteiger partial charge in [-0.3, -0.25) is 4.79 Å². The van der Waals surface area contributed by atoms with E-state index in [4.69, 9.17) is 4.74 Å². The van der Waals surface area contributed by atoms with E-state index in [-0.39, 0.29) is 11.7 Å². The maximum absolute atomic E-state index is 12.1. The van der Waals surface area contributed by atoms with E-state index in [9.17, 15) is 9.90 Å². The van der Waals surface area contributed by atoms with Gasteiger partial charge in [0.15, 0.2) is 0 Å². The molecule has 0 saturated heterocycles. The van der Waals surface area contributed by atoms with Crippen LogP contribution >= 0.6 is 0 Å². The molecule has 1 heterocycles. The first-order valence-electron chi connectivity index (χ1n) is 6.95. The van der Waals surface area contributed by atoms with Crippen LogP contribution in [0.2, 0.25) is 0 Å². The number of phenols is 1. The Morgan fingerprint density at radius 2 is 2.00 bits per heavy atom. The second-order valence-corrected chi connectivity index (χ2v) is 4.93. The number of nitrogens with one attached hydrogen (secondary N) is 2. The highest BCUT2D eigenvalue weighted by Gasteiger charge is 2.09. The molecule has 23 heavy (non-hydrogen) atoms. The molecule has 1 amide bonds. The van der Waals surface area contributed by atoms with Gasteiger partial charge in [0.2, 0.25) is 0 Å². The minimum Gasteiger partial charge on any atom is -0.508 e. The average Bonchev–Trinajstić information content (AvgIpc) is 2.99. The largest absolute Gasteiger partial charge is 0.508 e. The summed E-state index contributed by atoms with van der Waals surface area (Å²) in [6.07, 6.45) is 1.50. The van der Waals surface area contributed by atoms with Crippen LogP contribution in [0.3, 0.4) is 0 Å². The van der Waals surface area contributed by atoms with Gasteiger partial charge in [0.05, 0.1) is 13.3 Å². The van der Waals surface area contributed by atoms with Crippen LogP contribution in [0.25, 0.3) is 10.9 Å². The molecule has 0 unspecified atom stereocenters. The summed E-state index contributed by atoms with van der Waals surface area (Å²) in [5.74, 6) is 0.573. The van der Waals surface area contributed by atoms with E-state index in [0.29, 0.717) is 5.69 Å². The number of fused-ring (bicyclic) bond motifs is 1. The average molecular weight is 309 g/mol. The van der Waals surface area contributed by atoms with Crippen molar-refractivity contribution in [1.29, 1.82) is 0 Å². The molecule has 0 spiro atoms. The Morgan fingerprint density at radius 1 is 1.22 bits per heavy atom. The number of aromatic hydroxyl groups is 1. The lowest BCUT2D eigenvalue weighted by Gasteiger charge is -1.97. The van der Waals surface area contributed by atoms with Crippen molar-refractivity contribution >= 4 is 23.0 Å². The van der Waals surface area contributed by atoms with E-state index < -0.39 is 0 Å². The Bertz CT molecular complexity index is 866. The number of phenolic OH excluding ortho intramolecular Hbond substituents is 1. The van der Waals surface area contributed by atoms with Gasteiger partial charge < -0.3 is 14.8 Å². The first-order valence-corrected chi connectivity index (χ1v) is 6.95. The highest BCUT2D eigenvalue weighted by molar-refractivity contribution is 5.98. The van der Waals surface area contributed by atoms with E-state index >= 15 is 0 Å². The molecule has 1 aromatic heterocycles. The molecule has 3 N–H and O–H groups in total. The van der Waals surface area contributed by atoms with E-state index in [1.807, 2.05) is 18.2 Å². The number of carbonyl (C=O) groups is 1. The fourth-order valence-electron chi connectivity index (χ4n) is 2.15. The number of methoxy groups -OCH3 is 1. The standard InChI is InChI=1S/C17H15N3O3/c1-23-14-6-7-15-12(8-14)9-16(19-15)17(22)20-18-10-11-2-4-13(21)5-3-11/h2-10,19,21H,1H3,(H,20,22)/b18-10+. The fourth-order valence-corrected chi connectivity index (χ4v) is 2.15. The summed E-state index contributed by atoms with van der Waals surface area (Å²) in [6, 6.07) is 13.8. The third-order valence-corrected chi connectivity index (χ3v) is 3.35. The summed E-state index contributed by atoms with van der Waals surface area (Å²) in [5.41, 5.74) is 4.48. The van der Waals surface area contributed by atoms with Gasteiger partial charge >= 0.3 is 0 Å². The van der Waals surface area contributed by atoms with E-state index in [1.54, 1.807) is 37.4 Å². The van der Waals surface area contributed by atoms with Crippen LogP contribution < -0.4 is 10.2 Å². The van der Waals surface area contributed by atoms with E-state index in [1.165, 1.54) is 6.21 Å². The van der Waals surface area contributed by atoms with Crippen LogP contribution in [0, 0.1) is 0 Å². The second-order valence-electron chi connectivity index (χ2n) is 4.93. The lowest BCUT2D eigenvalue weighted by atomic mass is 10.2. The number of hydrogen-bond acceptors (Lipinski definition) is 4. The highest BCUT2D eigenvalue weighted by atomic mass is 16.5. The van der Waals surface area contributed by atoms with Gasteiger partial charge in [-0.2, -0.15) is 5.10 Å². The first-order chi connectivity index (χ1) is 11.2. The Labute approximate surface area is 132 Å². The molecule has 3 aromatic rings. The number of carbonyl (C=O) groups excluding carboxylic acids is 1. The zero-order valence-corrected chi connectivity index (χ0v) is 12.4. The van der Waals surface area contributed by atoms with Gasteiger partial charge in [0.1, 0.15) is 17.2 Å². The van der Waals surface area contributed by atoms with Gasteiger partial charge in [0, 0.05) is 10.9 Å². The Hall–Kier alpha value is -3.28. The third kappa shape index (κ3) is 3.32. The number of rotatable bonds is 4. The second kappa shape index (κ2) is 6.23. The Morgan fingerprint density at radius 3 is 2.74 bits per heavy atom. The Kier molecular flexibility index (Phi) is 3.97. The summed E-state index contributed by atoms with van der Waals surface area (Å²) in [5, 5.41) is 14.0. The number of aromatic nitrogens is 1. The molecule has 6 heteroatoms. The van der Waals surface area contributed by atoms with Crippen molar-refractivity contribution in [3.05, 3.63) is 59.8 Å². The maximum Gasteiger partial charge on any atom is 0.287 e. The third-order valence-electron chi connectivity index (χ3n) is 3.35. The minimum absolute atomic E-state index is 0.180. The van der Waals surface area contributed by atoms with Gasteiger partial charge in [-0.25, -0.2) is 5.43 Å². The van der Waals surface area contributed by atoms with Crippen LogP contribution in [0.4, 0.5) is 0 Å². The SMILES string of the molecule is COc1ccc2[nH]c(C(=O)N/N=C/c3ccc(O)cc3)cc2c1.